The second kappa shape index (κ2) is 6.84. The highest BCUT2D eigenvalue weighted by molar-refractivity contribution is 7.93. The smallest absolute Gasteiger partial charge is 0.299 e. The third-order valence-electron chi connectivity index (χ3n) is 1.91. The second-order valence-electron chi connectivity index (χ2n) is 3.21. The van der Waals surface area contributed by atoms with E-state index in [0.29, 0.717) is 25.4 Å². The van der Waals surface area contributed by atoms with Crippen molar-refractivity contribution in [1.29, 1.82) is 0 Å². The Hall–Kier alpha value is -0.770. The fourth-order valence-corrected chi connectivity index (χ4v) is 1.88. The van der Waals surface area contributed by atoms with Gasteiger partial charge < -0.3 is 0 Å². The molecular weight excluding hydrogens is 268 g/mol. The van der Waals surface area contributed by atoms with Gasteiger partial charge in [-0.3, -0.25) is 14.0 Å². The first kappa shape index (κ1) is 14.3. The average Bonchev–Trinajstić information content (AvgIpc) is 2.67. The Labute approximate surface area is 104 Å². The molecule has 0 aromatic carbocycles. The van der Waals surface area contributed by atoms with Crippen LogP contribution in [0.15, 0.2) is 12.4 Å². The van der Waals surface area contributed by atoms with Gasteiger partial charge in [-0.15, -0.1) is 4.33 Å². The molecule has 17 heavy (non-hydrogen) atoms. The molecule has 0 fully saturated rings. The van der Waals surface area contributed by atoms with Crippen molar-refractivity contribution in [3.63, 3.8) is 0 Å². The van der Waals surface area contributed by atoms with E-state index in [1.54, 1.807) is 23.2 Å². The number of aromatic nitrogens is 2. The van der Waals surface area contributed by atoms with Crippen molar-refractivity contribution in [3.05, 3.63) is 12.4 Å². The summed E-state index contributed by atoms with van der Waals surface area (Å²) in [5.41, 5.74) is 0. The first-order chi connectivity index (χ1) is 8.03. The van der Waals surface area contributed by atoms with Crippen molar-refractivity contribution in [1.82, 2.24) is 9.55 Å². The van der Waals surface area contributed by atoms with Gasteiger partial charge in [0, 0.05) is 37.2 Å². The Bertz CT molecular complexity index is 431. The summed E-state index contributed by atoms with van der Waals surface area (Å²) in [6, 6.07) is 0.311. The van der Waals surface area contributed by atoms with E-state index in [9.17, 15) is 8.42 Å². The number of hydrogen-bond donors (Lipinski definition) is 1. The van der Waals surface area contributed by atoms with Crippen molar-refractivity contribution in [2.24, 2.45) is 0 Å². The van der Waals surface area contributed by atoms with Crippen molar-refractivity contribution in [3.8, 4) is 6.01 Å². The molecule has 9 heteroatoms. The van der Waals surface area contributed by atoms with Gasteiger partial charge in [-0.25, -0.2) is 4.98 Å². The Balaban J connectivity index is 2.33. The van der Waals surface area contributed by atoms with Crippen LogP contribution in [0, 0.1) is 0 Å². The Morgan fingerprint density at radius 2 is 2.29 bits per heavy atom. The van der Waals surface area contributed by atoms with Crippen molar-refractivity contribution in [2.75, 3.05) is 12.0 Å². The molecule has 1 aromatic rings. The van der Waals surface area contributed by atoms with Crippen LogP contribution >= 0.6 is 12.0 Å². The maximum Gasteiger partial charge on any atom is 0.335 e. The van der Waals surface area contributed by atoms with Crippen LogP contribution in [0.1, 0.15) is 12.8 Å². The van der Waals surface area contributed by atoms with Gasteiger partial charge in [0.15, 0.2) is 0 Å². The highest BCUT2D eigenvalue weighted by Gasteiger charge is 2.07. The number of nitrogens with zero attached hydrogens (tertiary/aromatic N) is 2. The SMILES string of the molecule is CSOOc1nccn1CCCCS(=O)(=O)O. The number of hydrogen-bond acceptors (Lipinski definition) is 6. The van der Waals surface area contributed by atoms with E-state index in [-0.39, 0.29) is 5.75 Å². The minimum absolute atomic E-state index is 0.237. The maximum absolute atomic E-state index is 10.5. The van der Waals surface area contributed by atoms with E-state index in [1.165, 1.54) is 0 Å². The fraction of sp³-hybridized carbons (Fsp3) is 0.625. The number of aryl methyl sites for hydroxylation is 1. The zero-order valence-electron chi connectivity index (χ0n) is 9.27. The summed E-state index contributed by atoms with van der Waals surface area (Å²) in [4.78, 5) is 8.79. The lowest BCUT2D eigenvalue weighted by molar-refractivity contribution is -0.0898. The van der Waals surface area contributed by atoms with Crippen LogP contribution in [0.3, 0.4) is 0 Å². The van der Waals surface area contributed by atoms with Crippen LogP contribution in [-0.2, 0) is 21.0 Å². The average molecular weight is 282 g/mol. The molecule has 0 amide bonds. The van der Waals surface area contributed by atoms with Crippen LogP contribution in [0.4, 0.5) is 0 Å². The normalized spacial score (nSPS) is 11.6. The standard InChI is InChI=1S/C8H14N2O5S2/c1-16-15-14-8-9-4-6-10(8)5-2-3-7-17(11,12)13/h4,6H,2-3,5,7H2,1H3,(H,11,12,13). The molecular formula is C8H14N2O5S2. The largest absolute Gasteiger partial charge is 0.335 e. The molecule has 0 aliphatic heterocycles. The van der Waals surface area contributed by atoms with Crippen LogP contribution in [-0.4, -0.2) is 34.5 Å². The van der Waals surface area contributed by atoms with E-state index < -0.39 is 10.1 Å². The van der Waals surface area contributed by atoms with Crippen molar-refractivity contribution in [2.45, 2.75) is 19.4 Å². The van der Waals surface area contributed by atoms with Crippen LogP contribution in [0.5, 0.6) is 6.01 Å². The Morgan fingerprint density at radius 1 is 1.53 bits per heavy atom. The first-order valence-corrected chi connectivity index (χ1v) is 7.62. The van der Waals surface area contributed by atoms with Crippen LogP contribution in [0.2, 0.25) is 0 Å². The first-order valence-electron chi connectivity index (χ1n) is 4.86. The van der Waals surface area contributed by atoms with Gasteiger partial charge in [-0.1, -0.05) is 0 Å². The number of rotatable bonds is 8. The Morgan fingerprint density at radius 3 is 2.94 bits per heavy atom. The molecule has 0 unspecified atom stereocenters. The van der Waals surface area contributed by atoms with Gasteiger partial charge in [0.25, 0.3) is 10.1 Å². The lowest BCUT2D eigenvalue weighted by Gasteiger charge is -2.05. The van der Waals surface area contributed by atoms with Crippen LogP contribution < -0.4 is 4.89 Å². The summed E-state index contributed by atoms with van der Waals surface area (Å²) in [6.07, 6.45) is 5.93. The molecule has 0 saturated carbocycles. The number of imidazole rings is 1. The quantitative estimate of drug-likeness (QED) is 0.251. The summed E-state index contributed by atoms with van der Waals surface area (Å²) in [6.45, 7) is 0.544. The molecule has 0 bridgehead atoms. The molecule has 1 rings (SSSR count). The fourth-order valence-electron chi connectivity index (χ4n) is 1.19. The molecule has 7 nitrogen and oxygen atoms in total. The van der Waals surface area contributed by atoms with Crippen molar-refractivity contribution < 1.29 is 22.2 Å². The van der Waals surface area contributed by atoms with E-state index in [2.05, 4.69) is 9.32 Å². The molecule has 0 aliphatic carbocycles. The van der Waals surface area contributed by atoms with E-state index in [0.717, 1.165) is 12.0 Å². The van der Waals surface area contributed by atoms with E-state index in [4.69, 9.17) is 9.44 Å². The van der Waals surface area contributed by atoms with Gasteiger partial charge in [0.2, 0.25) is 0 Å². The predicted octanol–water partition coefficient (Wildman–Crippen LogP) is 1.14. The third kappa shape index (κ3) is 5.91. The molecule has 0 saturated heterocycles. The topological polar surface area (TPSA) is 90.7 Å². The minimum Gasteiger partial charge on any atom is -0.299 e. The summed E-state index contributed by atoms with van der Waals surface area (Å²) in [5, 5.41) is 0. The monoisotopic (exact) mass is 282 g/mol. The molecule has 1 heterocycles. The maximum atomic E-state index is 10.5. The zero-order chi connectivity index (χ0) is 12.7. The van der Waals surface area contributed by atoms with E-state index in [1.807, 2.05) is 0 Å². The van der Waals surface area contributed by atoms with Gasteiger partial charge in [0.05, 0.1) is 5.75 Å². The molecule has 0 radical (unpaired) electrons. The zero-order valence-corrected chi connectivity index (χ0v) is 10.9. The molecule has 1 aromatic heterocycles. The van der Waals surface area contributed by atoms with Gasteiger partial charge in [-0.2, -0.15) is 8.42 Å². The predicted molar refractivity (Wildman–Crippen MR) is 63.1 cm³/mol. The van der Waals surface area contributed by atoms with Gasteiger partial charge in [-0.05, 0) is 12.8 Å². The molecule has 1 N–H and O–H groups in total. The number of unbranched alkanes of at least 4 members (excludes halogenated alkanes) is 1. The van der Waals surface area contributed by atoms with Gasteiger partial charge >= 0.3 is 6.01 Å². The second-order valence-corrected chi connectivity index (χ2v) is 5.26. The van der Waals surface area contributed by atoms with Crippen molar-refractivity contribution >= 4 is 22.2 Å². The highest BCUT2D eigenvalue weighted by atomic mass is 32.2. The summed E-state index contributed by atoms with van der Waals surface area (Å²) < 4.78 is 35.9. The lowest BCUT2D eigenvalue weighted by Crippen LogP contribution is -2.06. The van der Waals surface area contributed by atoms with E-state index >= 15 is 0 Å². The van der Waals surface area contributed by atoms with Gasteiger partial charge in [0.1, 0.15) is 0 Å². The molecule has 0 spiro atoms. The summed E-state index contributed by atoms with van der Waals surface area (Å²) in [5.74, 6) is -0.237. The molecule has 98 valence electrons. The molecule has 0 atom stereocenters. The summed E-state index contributed by atoms with van der Waals surface area (Å²) >= 11 is 1.05. The summed E-state index contributed by atoms with van der Waals surface area (Å²) in [7, 11) is -3.87. The minimum atomic E-state index is -3.87. The Kier molecular flexibility index (Phi) is 5.75. The highest BCUT2D eigenvalue weighted by Crippen LogP contribution is 2.11. The van der Waals surface area contributed by atoms with Crippen LogP contribution in [0.25, 0.3) is 0 Å². The third-order valence-corrected chi connectivity index (χ3v) is 2.91. The molecule has 0 aliphatic rings. The lowest BCUT2D eigenvalue weighted by atomic mass is 10.3.